The lowest BCUT2D eigenvalue weighted by Crippen LogP contribution is -2.28. The number of ether oxygens (including phenoxy) is 2. The maximum absolute atomic E-state index is 13.0. The molecule has 0 fully saturated rings. The molecule has 0 radical (unpaired) electrons. The van der Waals surface area contributed by atoms with E-state index in [-0.39, 0.29) is 25.1 Å². The van der Waals surface area contributed by atoms with E-state index in [1.165, 1.54) is 22.2 Å². The Labute approximate surface area is 192 Å². The SMILES string of the molecule is CCOC(=O)c1sc2ncn(CC(=O)Nc3sc(C)c(C)c3C(=O)OCC)c(=O)c2c1C. The first kappa shape index (κ1) is 23.6. The van der Waals surface area contributed by atoms with Crippen molar-refractivity contribution in [3.8, 4) is 0 Å². The summed E-state index contributed by atoms with van der Waals surface area (Å²) in [4.78, 5) is 55.9. The van der Waals surface area contributed by atoms with Crippen LogP contribution in [0.1, 0.15) is 49.9 Å². The Morgan fingerprint density at radius 1 is 1.03 bits per heavy atom. The summed E-state index contributed by atoms with van der Waals surface area (Å²) in [7, 11) is 0. The molecule has 0 atom stereocenters. The minimum Gasteiger partial charge on any atom is -0.462 e. The third-order valence-corrected chi connectivity index (χ3v) is 7.11. The molecule has 0 aromatic carbocycles. The van der Waals surface area contributed by atoms with E-state index in [2.05, 4.69) is 10.3 Å². The molecule has 1 N–H and O–H groups in total. The summed E-state index contributed by atoms with van der Waals surface area (Å²) in [5.41, 5.74) is 1.10. The molecule has 170 valence electrons. The zero-order chi connectivity index (χ0) is 23.6. The van der Waals surface area contributed by atoms with E-state index >= 15 is 0 Å². The molecule has 0 aliphatic rings. The van der Waals surface area contributed by atoms with Gasteiger partial charge in [0.25, 0.3) is 5.56 Å². The van der Waals surface area contributed by atoms with Crippen molar-refractivity contribution in [2.24, 2.45) is 0 Å². The van der Waals surface area contributed by atoms with Crippen LogP contribution < -0.4 is 10.9 Å². The van der Waals surface area contributed by atoms with E-state index in [0.717, 1.165) is 21.8 Å². The second kappa shape index (κ2) is 9.61. The van der Waals surface area contributed by atoms with Crippen molar-refractivity contribution in [2.75, 3.05) is 18.5 Å². The fraction of sp³-hybridized carbons (Fsp3) is 0.381. The molecule has 3 aromatic heterocycles. The third-order valence-electron chi connectivity index (χ3n) is 4.81. The lowest BCUT2D eigenvalue weighted by Gasteiger charge is -2.08. The Bertz CT molecular complexity index is 1270. The highest BCUT2D eigenvalue weighted by Gasteiger charge is 2.23. The number of thiophene rings is 2. The Kier molecular flexibility index (Phi) is 7.09. The topological polar surface area (TPSA) is 117 Å². The molecular weight excluding hydrogens is 454 g/mol. The van der Waals surface area contributed by atoms with Gasteiger partial charge in [-0.3, -0.25) is 14.2 Å². The van der Waals surface area contributed by atoms with Gasteiger partial charge in [-0.2, -0.15) is 0 Å². The van der Waals surface area contributed by atoms with E-state index in [4.69, 9.17) is 9.47 Å². The van der Waals surface area contributed by atoms with Crippen LogP contribution in [0.4, 0.5) is 5.00 Å². The minimum absolute atomic E-state index is 0.218. The number of nitrogens with zero attached hydrogens (tertiary/aromatic N) is 2. The van der Waals surface area contributed by atoms with Gasteiger partial charge in [0.05, 0.1) is 30.5 Å². The second-order valence-electron chi connectivity index (χ2n) is 6.89. The molecule has 32 heavy (non-hydrogen) atoms. The van der Waals surface area contributed by atoms with Gasteiger partial charge in [0.15, 0.2) is 0 Å². The maximum Gasteiger partial charge on any atom is 0.348 e. The van der Waals surface area contributed by atoms with Crippen molar-refractivity contribution in [2.45, 2.75) is 41.2 Å². The Balaban J connectivity index is 1.89. The fourth-order valence-electron chi connectivity index (χ4n) is 3.15. The van der Waals surface area contributed by atoms with Gasteiger partial charge >= 0.3 is 11.9 Å². The normalized spacial score (nSPS) is 10.9. The molecule has 0 aliphatic heterocycles. The van der Waals surface area contributed by atoms with Gasteiger partial charge in [0.2, 0.25) is 5.91 Å². The number of esters is 2. The molecule has 0 saturated carbocycles. The van der Waals surface area contributed by atoms with Gasteiger partial charge < -0.3 is 14.8 Å². The number of carbonyl (C=O) groups is 3. The average molecular weight is 478 g/mol. The fourth-order valence-corrected chi connectivity index (χ4v) is 5.25. The molecular formula is C21H23N3O6S2. The third kappa shape index (κ3) is 4.44. The molecule has 0 unspecified atom stereocenters. The number of rotatable bonds is 7. The van der Waals surface area contributed by atoms with E-state index < -0.39 is 23.4 Å². The molecule has 3 aromatic rings. The van der Waals surface area contributed by atoms with Crippen LogP contribution in [0, 0.1) is 20.8 Å². The number of aryl methyl sites for hydroxylation is 2. The van der Waals surface area contributed by atoms with Crippen LogP contribution in [0.25, 0.3) is 10.2 Å². The zero-order valence-electron chi connectivity index (χ0n) is 18.4. The number of carbonyl (C=O) groups excluding carboxylic acids is 3. The summed E-state index contributed by atoms with van der Waals surface area (Å²) in [6.07, 6.45) is 1.27. The molecule has 9 nitrogen and oxygen atoms in total. The molecule has 0 saturated heterocycles. The van der Waals surface area contributed by atoms with Crippen LogP contribution in [-0.4, -0.2) is 40.6 Å². The number of nitrogens with one attached hydrogen (secondary N) is 1. The summed E-state index contributed by atoms with van der Waals surface area (Å²) >= 11 is 2.35. The molecule has 3 heterocycles. The number of hydrogen-bond acceptors (Lipinski definition) is 9. The smallest absolute Gasteiger partial charge is 0.348 e. The molecule has 11 heteroatoms. The summed E-state index contributed by atoms with van der Waals surface area (Å²) < 4.78 is 11.3. The van der Waals surface area contributed by atoms with Crippen molar-refractivity contribution in [1.29, 1.82) is 0 Å². The van der Waals surface area contributed by atoms with Crippen LogP contribution in [0.3, 0.4) is 0 Å². The van der Waals surface area contributed by atoms with Crippen molar-refractivity contribution in [3.05, 3.63) is 43.1 Å². The number of hydrogen-bond donors (Lipinski definition) is 1. The molecule has 3 rings (SSSR count). The highest BCUT2D eigenvalue weighted by atomic mass is 32.1. The van der Waals surface area contributed by atoms with Gasteiger partial charge in [-0.05, 0) is 45.7 Å². The number of fused-ring (bicyclic) bond motifs is 1. The Morgan fingerprint density at radius 3 is 2.34 bits per heavy atom. The first-order valence-electron chi connectivity index (χ1n) is 9.92. The largest absolute Gasteiger partial charge is 0.462 e. The van der Waals surface area contributed by atoms with Crippen LogP contribution >= 0.6 is 22.7 Å². The minimum atomic E-state index is -0.509. The number of amides is 1. The van der Waals surface area contributed by atoms with E-state index in [9.17, 15) is 19.2 Å². The quantitative estimate of drug-likeness (QED) is 0.518. The predicted molar refractivity (Wildman–Crippen MR) is 123 cm³/mol. The highest BCUT2D eigenvalue weighted by molar-refractivity contribution is 7.20. The second-order valence-corrected chi connectivity index (χ2v) is 9.11. The van der Waals surface area contributed by atoms with Crippen LogP contribution in [0.2, 0.25) is 0 Å². The predicted octanol–water partition coefficient (Wildman–Crippen LogP) is 3.44. The lowest BCUT2D eigenvalue weighted by molar-refractivity contribution is -0.116. The molecule has 0 aliphatic carbocycles. The van der Waals surface area contributed by atoms with E-state index in [1.807, 2.05) is 6.92 Å². The molecule has 0 bridgehead atoms. The summed E-state index contributed by atoms with van der Waals surface area (Å²) in [6, 6.07) is 0. The summed E-state index contributed by atoms with van der Waals surface area (Å²) in [5, 5.41) is 3.37. The summed E-state index contributed by atoms with van der Waals surface area (Å²) in [5.74, 6) is -1.50. The van der Waals surface area contributed by atoms with Crippen molar-refractivity contribution in [1.82, 2.24) is 9.55 Å². The zero-order valence-corrected chi connectivity index (χ0v) is 20.0. The van der Waals surface area contributed by atoms with Crippen LogP contribution in [-0.2, 0) is 20.8 Å². The lowest BCUT2D eigenvalue weighted by atomic mass is 10.1. The number of aromatic nitrogens is 2. The van der Waals surface area contributed by atoms with Crippen molar-refractivity contribution < 1.29 is 23.9 Å². The summed E-state index contributed by atoms with van der Waals surface area (Å²) in [6.45, 7) is 8.84. The highest BCUT2D eigenvalue weighted by Crippen LogP contribution is 2.33. The van der Waals surface area contributed by atoms with Crippen LogP contribution in [0.15, 0.2) is 11.1 Å². The van der Waals surface area contributed by atoms with E-state index in [0.29, 0.717) is 25.8 Å². The molecule has 0 spiro atoms. The standard InChI is InChI=1S/C21H23N3O6S2/c1-6-29-20(27)15-10(3)12(5)31-18(15)23-13(25)8-24-9-22-17-14(19(24)26)11(4)16(32-17)21(28)30-7-2/h9H,6-8H2,1-5H3,(H,23,25). The van der Waals surface area contributed by atoms with Gasteiger partial charge in [-0.25, -0.2) is 14.6 Å². The maximum atomic E-state index is 13.0. The first-order chi connectivity index (χ1) is 15.2. The number of anilines is 1. The van der Waals surface area contributed by atoms with Gasteiger partial charge in [-0.1, -0.05) is 0 Å². The van der Waals surface area contributed by atoms with Crippen molar-refractivity contribution >= 4 is 55.7 Å². The van der Waals surface area contributed by atoms with Gasteiger partial charge in [-0.15, -0.1) is 22.7 Å². The Morgan fingerprint density at radius 2 is 1.69 bits per heavy atom. The first-order valence-corrected chi connectivity index (χ1v) is 11.5. The van der Waals surface area contributed by atoms with Crippen molar-refractivity contribution in [3.63, 3.8) is 0 Å². The van der Waals surface area contributed by atoms with E-state index in [1.54, 1.807) is 27.7 Å². The van der Waals surface area contributed by atoms with Gasteiger partial charge in [0, 0.05) is 4.88 Å². The Hall–Kier alpha value is -3.05. The molecule has 1 amide bonds. The average Bonchev–Trinajstić information content (AvgIpc) is 3.21. The monoisotopic (exact) mass is 477 g/mol. The van der Waals surface area contributed by atoms with Crippen LogP contribution in [0.5, 0.6) is 0 Å². The van der Waals surface area contributed by atoms with Gasteiger partial charge in [0.1, 0.15) is 21.3 Å².